The summed E-state index contributed by atoms with van der Waals surface area (Å²) in [7, 11) is 0. The van der Waals surface area contributed by atoms with E-state index in [1.807, 2.05) is 0 Å². The maximum absolute atomic E-state index is 12.4. The van der Waals surface area contributed by atoms with E-state index in [1.165, 1.54) is 18.3 Å². The molecule has 0 aliphatic rings. The number of nitrogen functional groups attached to an aromatic ring is 1. The molecule has 106 valence electrons. The Morgan fingerprint density at radius 3 is 2.35 bits per heavy atom. The van der Waals surface area contributed by atoms with Gasteiger partial charge in [0.15, 0.2) is 0 Å². The lowest BCUT2D eigenvalue weighted by molar-refractivity contribution is -0.137. The molecule has 0 radical (unpaired) electrons. The smallest absolute Gasteiger partial charge is 0.416 e. The molecule has 2 aromatic rings. The van der Waals surface area contributed by atoms with E-state index in [-0.39, 0.29) is 11.6 Å². The Hall–Kier alpha value is -1.76. The van der Waals surface area contributed by atoms with Gasteiger partial charge in [-0.2, -0.15) is 13.2 Å². The first-order valence-electron chi connectivity index (χ1n) is 5.54. The molecule has 0 atom stereocenters. The standard InChI is InChI=1S/C13H10BrF3N2O/c1-7-10(18)6-19-12(11(7)14)20-9-4-2-8(3-5-9)13(15,16)17/h2-6H,18H2,1H3. The maximum atomic E-state index is 12.4. The van der Waals surface area contributed by atoms with Gasteiger partial charge >= 0.3 is 6.18 Å². The fourth-order valence-electron chi connectivity index (χ4n) is 1.46. The van der Waals surface area contributed by atoms with Crippen molar-refractivity contribution in [2.45, 2.75) is 13.1 Å². The molecule has 2 N–H and O–H groups in total. The second kappa shape index (κ2) is 5.32. The maximum Gasteiger partial charge on any atom is 0.416 e. The van der Waals surface area contributed by atoms with Gasteiger partial charge in [-0.15, -0.1) is 0 Å². The molecule has 0 aliphatic carbocycles. The van der Waals surface area contributed by atoms with E-state index in [0.29, 0.717) is 10.2 Å². The van der Waals surface area contributed by atoms with Crippen molar-refractivity contribution in [3.05, 3.63) is 46.1 Å². The number of nitrogens with two attached hydrogens (primary N) is 1. The first-order valence-corrected chi connectivity index (χ1v) is 6.34. The van der Waals surface area contributed by atoms with Crippen LogP contribution in [0, 0.1) is 6.92 Å². The average molecular weight is 347 g/mol. The number of ether oxygens (including phenoxy) is 1. The van der Waals surface area contributed by atoms with Crippen LogP contribution in [0.25, 0.3) is 0 Å². The lowest BCUT2D eigenvalue weighted by Gasteiger charge is -2.11. The zero-order valence-electron chi connectivity index (χ0n) is 10.3. The van der Waals surface area contributed by atoms with Crippen molar-refractivity contribution in [1.29, 1.82) is 0 Å². The van der Waals surface area contributed by atoms with Crippen LogP contribution in [-0.4, -0.2) is 4.98 Å². The summed E-state index contributed by atoms with van der Waals surface area (Å²) in [6.45, 7) is 1.78. The van der Waals surface area contributed by atoms with Crippen LogP contribution < -0.4 is 10.5 Å². The lowest BCUT2D eigenvalue weighted by atomic mass is 10.2. The number of benzene rings is 1. The second-order valence-corrected chi connectivity index (χ2v) is 4.87. The molecule has 0 amide bonds. The van der Waals surface area contributed by atoms with Crippen molar-refractivity contribution in [3.8, 4) is 11.6 Å². The van der Waals surface area contributed by atoms with Crippen molar-refractivity contribution in [2.24, 2.45) is 0 Å². The quantitative estimate of drug-likeness (QED) is 0.867. The molecule has 0 saturated heterocycles. The molecule has 0 fully saturated rings. The lowest BCUT2D eigenvalue weighted by Crippen LogP contribution is -2.04. The van der Waals surface area contributed by atoms with Crippen LogP contribution in [-0.2, 0) is 6.18 Å². The van der Waals surface area contributed by atoms with Crippen LogP contribution in [0.4, 0.5) is 18.9 Å². The Morgan fingerprint density at radius 1 is 1.20 bits per heavy atom. The Labute approximate surface area is 121 Å². The van der Waals surface area contributed by atoms with Gasteiger partial charge in [0.05, 0.1) is 21.9 Å². The summed E-state index contributed by atoms with van der Waals surface area (Å²) in [5.74, 6) is 0.506. The van der Waals surface area contributed by atoms with Crippen LogP contribution in [0.2, 0.25) is 0 Å². The van der Waals surface area contributed by atoms with Crippen LogP contribution in [0.5, 0.6) is 11.6 Å². The van der Waals surface area contributed by atoms with E-state index in [4.69, 9.17) is 10.5 Å². The van der Waals surface area contributed by atoms with E-state index < -0.39 is 11.7 Å². The summed E-state index contributed by atoms with van der Waals surface area (Å²) in [5, 5.41) is 0. The molecule has 2 rings (SSSR count). The normalized spacial score (nSPS) is 11.4. The number of hydrogen-bond donors (Lipinski definition) is 1. The predicted molar refractivity (Wildman–Crippen MR) is 72.6 cm³/mol. The summed E-state index contributed by atoms with van der Waals surface area (Å²) < 4.78 is 43.3. The Bertz CT molecular complexity index is 627. The van der Waals surface area contributed by atoms with Crippen LogP contribution in [0.1, 0.15) is 11.1 Å². The number of alkyl halides is 3. The molecular formula is C13H10BrF3N2O. The molecule has 7 heteroatoms. The predicted octanol–water partition coefficient (Wildman–Crippen LogP) is 4.55. The Kier molecular flexibility index (Phi) is 3.89. The minimum atomic E-state index is -4.37. The van der Waals surface area contributed by atoms with Crippen molar-refractivity contribution in [2.75, 3.05) is 5.73 Å². The molecule has 3 nitrogen and oxygen atoms in total. The molecule has 1 aromatic heterocycles. The van der Waals surface area contributed by atoms with Crippen molar-refractivity contribution in [3.63, 3.8) is 0 Å². The van der Waals surface area contributed by atoms with Crippen molar-refractivity contribution < 1.29 is 17.9 Å². The number of aromatic nitrogens is 1. The molecule has 1 aromatic carbocycles. The van der Waals surface area contributed by atoms with Gasteiger partial charge in [0.2, 0.25) is 5.88 Å². The fraction of sp³-hybridized carbons (Fsp3) is 0.154. The Balaban J connectivity index is 2.25. The van der Waals surface area contributed by atoms with Crippen molar-refractivity contribution in [1.82, 2.24) is 4.98 Å². The summed E-state index contributed by atoms with van der Waals surface area (Å²) in [4.78, 5) is 3.99. The van der Waals surface area contributed by atoms with E-state index >= 15 is 0 Å². The fourth-order valence-corrected chi connectivity index (χ4v) is 1.88. The van der Waals surface area contributed by atoms with Gasteiger partial charge in [-0.25, -0.2) is 4.98 Å². The zero-order chi connectivity index (χ0) is 14.9. The van der Waals surface area contributed by atoms with Crippen LogP contribution in [0.15, 0.2) is 34.9 Å². The van der Waals surface area contributed by atoms with Gasteiger partial charge in [-0.1, -0.05) is 0 Å². The minimum Gasteiger partial charge on any atom is -0.438 e. The van der Waals surface area contributed by atoms with E-state index in [9.17, 15) is 13.2 Å². The molecule has 0 unspecified atom stereocenters. The third-order valence-corrected chi connectivity index (χ3v) is 3.60. The molecular weight excluding hydrogens is 337 g/mol. The molecule has 0 saturated carbocycles. The molecule has 20 heavy (non-hydrogen) atoms. The molecule has 0 aliphatic heterocycles. The minimum absolute atomic E-state index is 0.247. The van der Waals surface area contributed by atoms with E-state index in [0.717, 1.165) is 17.7 Å². The van der Waals surface area contributed by atoms with Gasteiger partial charge in [0.1, 0.15) is 5.75 Å². The highest BCUT2D eigenvalue weighted by Crippen LogP contribution is 2.34. The third-order valence-electron chi connectivity index (χ3n) is 2.67. The molecule has 0 bridgehead atoms. The number of rotatable bonds is 2. The second-order valence-electron chi connectivity index (χ2n) is 4.08. The highest BCUT2D eigenvalue weighted by molar-refractivity contribution is 9.10. The number of pyridine rings is 1. The average Bonchev–Trinajstić information content (AvgIpc) is 2.39. The summed E-state index contributed by atoms with van der Waals surface area (Å²) in [5.41, 5.74) is 6.20. The first-order chi connectivity index (χ1) is 9.29. The summed E-state index contributed by atoms with van der Waals surface area (Å²) in [6.07, 6.45) is -2.94. The molecule has 1 heterocycles. The van der Waals surface area contributed by atoms with E-state index in [1.54, 1.807) is 6.92 Å². The van der Waals surface area contributed by atoms with Gasteiger partial charge in [-0.3, -0.25) is 0 Å². The Morgan fingerprint density at radius 2 is 1.80 bits per heavy atom. The number of anilines is 1. The summed E-state index contributed by atoms with van der Waals surface area (Å²) in [6, 6.07) is 4.38. The van der Waals surface area contributed by atoms with Gasteiger partial charge in [0, 0.05) is 0 Å². The monoisotopic (exact) mass is 346 g/mol. The highest BCUT2D eigenvalue weighted by atomic mass is 79.9. The topological polar surface area (TPSA) is 48.1 Å². The van der Waals surface area contributed by atoms with Crippen molar-refractivity contribution >= 4 is 21.6 Å². The number of halogens is 4. The van der Waals surface area contributed by atoms with Gasteiger partial charge in [-0.05, 0) is 52.7 Å². The third kappa shape index (κ3) is 3.04. The van der Waals surface area contributed by atoms with Crippen LogP contribution >= 0.6 is 15.9 Å². The van der Waals surface area contributed by atoms with Crippen LogP contribution in [0.3, 0.4) is 0 Å². The number of hydrogen-bond acceptors (Lipinski definition) is 3. The summed E-state index contributed by atoms with van der Waals surface area (Å²) >= 11 is 3.29. The van der Waals surface area contributed by atoms with E-state index in [2.05, 4.69) is 20.9 Å². The SMILES string of the molecule is Cc1c(N)cnc(Oc2ccc(C(F)(F)F)cc2)c1Br. The zero-order valence-corrected chi connectivity index (χ0v) is 11.9. The number of nitrogens with zero attached hydrogens (tertiary/aromatic N) is 1. The first kappa shape index (κ1) is 14.6. The largest absolute Gasteiger partial charge is 0.438 e. The molecule has 0 spiro atoms. The highest BCUT2D eigenvalue weighted by Gasteiger charge is 2.30. The van der Waals surface area contributed by atoms with Gasteiger partial charge in [0.25, 0.3) is 0 Å². The van der Waals surface area contributed by atoms with Gasteiger partial charge < -0.3 is 10.5 Å².